The van der Waals surface area contributed by atoms with Crippen LogP contribution in [0.4, 0.5) is 0 Å². The summed E-state index contributed by atoms with van der Waals surface area (Å²) in [6, 6.07) is 0. The first-order valence-electron chi connectivity index (χ1n) is 0.289. The van der Waals surface area contributed by atoms with Crippen molar-refractivity contribution in [1.82, 2.24) is 0 Å². The van der Waals surface area contributed by atoms with Crippen LogP contribution in [0.3, 0.4) is 0 Å². The summed E-state index contributed by atoms with van der Waals surface area (Å²) in [5.41, 5.74) is 0. The molecule has 4 heteroatoms. The van der Waals surface area contributed by atoms with Crippen LogP contribution < -0.4 is 0 Å². The van der Waals surface area contributed by atoms with Gasteiger partial charge in [0.1, 0.15) is 0 Å². The van der Waals surface area contributed by atoms with Crippen LogP contribution in [0, 0.1) is 0 Å². The van der Waals surface area contributed by atoms with Gasteiger partial charge in [-0.05, 0) is 0 Å². The maximum atomic E-state index is 8.28. The third-order valence-electron chi connectivity index (χ3n) is 0. The van der Waals surface area contributed by atoms with Crippen LogP contribution >= 0.6 is 0 Å². The quantitative estimate of drug-likeness (QED) is 0.410. The maximum absolute atomic E-state index is 8.28. The zero-order valence-corrected chi connectivity index (χ0v) is 5.55. The minimum absolute atomic E-state index is 0. The van der Waals surface area contributed by atoms with Gasteiger partial charge < -0.3 is 4.46 Å². The molecular formula is H2FeMnOSi. The summed E-state index contributed by atoms with van der Waals surface area (Å²) in [5, 5.41) is 0. The number of hydrogen-bond donors (Lipinski definition) is 0. The van der Waals surface area contributed by atoms with Crippen molar-refractivity contribution < 1.29 is 38.6 Å². The Balaban J connectivity index is -0.00000000500. The zero-order valence-electron chi connectivity index (χ0n) is 1.85. The molecule has 0 fully saturated rings. The smallest absolute Gasteiger partial charge is 0.245 e. The molecule has 0 aromatic rings. The Bertz CT molecular complexity index is 8.00. The Hall–Kier alpha value is 1.06. The van der Waals surface area contributed by atoms with Crippen molar-refractivity contribution in [2.75, 3.05) is 0 Å². The average molecular weight is 157 g/mol. The fourth-order valence-electron chi connectivity index (χ4n) is 0. The van der Waals surface area contributed by atoms with E-state index in [1.807, 2.05) is 0 Å². The van der Waals surface area contributed by atoms with Gasteiger partial charge in [-0.15, -0.1) is 0 Å². The fourth-order valence-corrected chi connectivity index (χ4v) is 0. The van der Waals surface area contributed by atoms with Crippen LogP contribution in [0.25, 0.3) is 0 Å². The first kappa shape index (κ1) is 19.7. The molecule has 0 aliphatic carbocycles. The minimum atomic E-state index is 0. The SMILES string of the molecule is O=[SiH2].[Fe].[Mn]. The summed E-state index contributed by atoms with van der Waals surface area (Å²) in [6.45, 7) is 0. The van der Waals surface area contributed by atoms with Gasteiger partial charge in [-0.1, -0.05) is 0 Å². The van der Waals surface area contributed by atoms with Crippen molar-refractivity contribution in [3.63, 3.8) is 0 Å². The summed E-state index contributed by atoms with van der Waals surface area (Å²) in [6.07, 6.45) is 0. The number of rotatable bonds is 0. The van der Waals surface area contributed by atoms with Crippen LogP contribution in [-0.4, -0.2) is 10.1 Å². The maximum Gasteiger partial charge on any atom is 0.245 e. The minimum Gasteiger partial charge on any atom is -0.396 e. The Morgan fingerprint density at radius 2 is 1.25 bits per heavy atom. The molecule has 0 aromatic heterocycles. The molecule has 1 radical (unpaired) electrons. The first-order chi connectivity index (χ1) is 1.00. The summed E-state index contributed by atoms with van der Waals surface area (Å²) < 4.78 is 8.28. The number of hydrogen-bond acceptors (Lipinski definition) is 1. The van der Waals surface area contributed by atoms with Crippen LogP contribution in [-0.2, 0) is 38.6 Å². The second kappa shape index (κ2) is 34.0. The van der Waals surface area contributed by atoms with Crippen LogP contribution in [0.2, 0.25) is 0 Å². The second-order valence-electron chi connectivity index (χ2n) is 0. The molecule has 0 aromatic carbocycles. The van der Waals surface area contributed by atoms with E-state index in [0.29, 0.717) is 10.1 Å². The van der Waals surface area contributed by atoms with Gasteiger partial charge in [0, 0.05) is 34.1 Å². The van der Waals surface area contributed by atoms with E-state index in [1.165, 1.54) is 0 Å². The fraction of sp³-hybridized carbons (Fsp3) is 0. The largest absolute Gasteiger partial charge is 0.396 e. The first-order valence-corrected chi connectivity index (χ1v) is 0.866. The van der Waals surface area contributed by atoms with Gasteiger partial charge in [0.15, 0.2) is 0 Å². The Morgan fingerprint density at radius 3 is 1.25 bits per heavy atom. The molecule has 0 atom stereocenters. The summed E-state index contributed by atoms with van der Waals surface area (Å²) in [4.78, 5) is 0. The Morgan fingerprint density at radius 1 is 1.25 bits per heavy atom. The van der Waals surface area contributed by atoms with E-state index >= 15 is 0 Å². The van der Waals surface area contributed by atoms with Crippen LogP contribution in [0.15, 0.2) is 0 Å². The third kappa shape index (κ3) is 11.6. The molecule has 27 valence electrons. The Labute approximate surface area is 49.0 Å². The monoisotopic (exact) mass is 157 g/mol. The van der Waals surface area contributed by atoms with E-state index in [2.05, 4.69) is 0 Å². The molecular weight excluding hydrogens is 155 g/mol. The molecule has 0 saturated carbocycles. The molecule has 0 spiro atoms. The third-order valence-corrected chi connectivity index (χ3v) is 0. The van der Waals surface area contributed by atoms with Gasteiger partial charge in [-0.2, -0.15) is 0 Å². The molecule has 0 amide bonds. The van der Waals surface area contributed by atoms with Gasteiger partial charge >= 0.3 is 0 Å². The molecule has 0 N–H and O–H groups in total. The summed E-state index contributed by atoms with van der Waals surface area (Å²) in [7, 11) is 0.611. The summed E-state index contributed by atoms with van der Waals surface area (Å²) in [5.74, 6) is 0. The van der Waals surface area contributed by atoms with Crippen molar-refractivity contribution in [3.05, 3.63) is 0 Å². The van der Waals surface area contributed by atoms with Crippen molar-refractivity contribution in [2.45, 2.75) is 0 Å². The van der Waals surface area contributed by atoms with Crippen molar-refractivity contribution in [2.24, 2.45) is 0 Å². The second-order valence-corrected chi connectivity index (χ2v) is 0. The van der Waals surface area contributed by atoms with E-state index in [4.69, 9.17) is 4.46 Å². The van der Waals surface area contributed by atoms with Crippen LogP contribution in [0.5, 0.6) is 0 Å². The predicted molar refractivity (Wildman–Crippen MR) is 9.23 cm³/mol. The topological polar surface area (TPSA) is 17.1 Å². The molecule has 0 saturated heterocycles. The zero-order chi connectivity index (χ0) is 2.00. The molecule has 0 aliphatic heterocycles. The van der Waals surface area contributed by atoms with E-state index in [1.54, 1.807) is 0 Å². The molecule has 1 nitrogen and oxygen atoms in total. The van der Waals surface area contributed by atoms with E-state index in [-0.39, 0.29) is 34.1 Å². The van der Waals surface area contributed by atoms with Crippen LogP contribution in [0.1, 0.15) is 0 Å². The molecule has 0 bridgehead atoms. The van der Waals surface area contributed by atoms with E-state index in [9.17, 15) is 0 Å². The normalized spacial score (nSPS) is 1.00. The van der Waals surface area contributed by atoms with Crippen molar-refractivity contribution in [3.8, 4) is 0 Å². The van der Waals surface area contributed by atoms with Gasteiger partial charge in [-0.3, -0.25) is 0 Å². The van der Waals surface area contributed by atoms with Gasteiger partial charge in [0.25, 0.3) is 0 Å². The summed E-state index contributed by atoms with van der Waals surface area (Å²) >= 11 is 0. The van der Waals surface area contributed by atoms with E-state index < -0.39 is 0 Å². The Kier molecular flexibility index (Phi) is 167. The molecule has 0 heterocycles. The van der Waals surface area contributed by atoms with Crippen molar-refractivity contribution in [1.29, 1.82) is 0 Å². The molecule has 0 aliphatic rings. The average Bonchev–Trinajstić information content (AvgIpc) is 1.00. The van der Waals surface area contributed by atoms with Gasteiger partial charge in [0.2, 0.25) is 10.1 Å². The predicted octanol–water partition coefficient (Wildman–Crippen LogP) is -1.04. The molecule has 4 heavy (non-hydrogen) atoms. The van der Waals surface area contributed by atoms with Gasteiger partial charge in [0.05, 0.1) is 0 Å². The molecule has 0 unspecified atom stereocenters. The van der Waals surface area contributed by atoms with E-state index in [0.717, 1.165) is 0 Å². The molecule has 0 rings (SSSR count). The standard InChI is InChI=1S/Fe.Mn.H2OSi/c;;1-2/h;;2H2. The van der Waals surface area contributed by atoms with Crippen molar-refractivity contribution >= 4 is 10.1 Å². The van der Waals surface area contributed by atoms with Gasteiger partial charge in [-0.25, -0.2) is 0 Å².